The topological polar surface area (TPSA) is 26.3 Å². The molecule has 0 unspecified atom stereocenters. The van der Waals surface area contributed by atoms with E-state index >= 15 is 0 Å². The first-order valence-electron chi connectivity index (χ1n) is 6.35. The molecule has 100 valence electrons. The molecule has 1 aromatic rings. The van der Waals surface area contributed by atoms with Gasteiger partial charge in [0, 0.05) is 5.56 Å². The quantitative estimate of drug-likeness (QED) is 0.727. The van der Waals surface area contributed by atoms with Gasteiger partial charge in [-0.1, -0.05) is 13.8 Å². The van der Waals surface area contributed by atoms with E-state index in [0.29, 0.717) is 17.6 Å². The summed E-state index contributed by atoms with van der Waals surface area (Å²) in [5.74, 6) is 1.63. The van der Waals surface area contributed by atoms with Crippen LogP contribution in [0.4, 0.5) is 0 Å². The second-order valence-electron chi connectivity index (χ2n) is 4.58. The summed E-state index contributed by atoms with van der Waals surface area (Å²) in [4.78, 5) is 12.1. The summed E-state index contributed by atoms with van der Waals surface area (Å²) in [5.41, 5.74) is 2.93. The summed E-state index contributed by atoms with van der Waals surface area (Å²) >= 11 is 1.68. The van der Waals surface area contributed by atoms with Gasteiger partial charge in [-0.25, -0.2) is 0 Å². The average Bonchev–Trinajstić information content (AvgIpc) is 2.32. The maximum atomic E-state index is 12.1. The van der Waals surface area contributed by atoms with E-state index in [1.807, 2.05) is 32.9 Å². The third kappa shape index (κ3) is 3.77. The fraction of sp³-hybridized carbons (Fsp3) is 0.533. The second kappa shape index (κ2) is 6.83. The van der Waals surface area contributed by atoms with Crippen LogP contribution >= 0.6 is 11.8 Å². The SMILES string of the molecule is CCOc1ccc(C(=O)CSC(C)C)c(C)c1C. The largest absolute Gasteiger partial charge is 0.494 e. The summed E-state index contributed by atoms with van der Waals surface area (Å²) in [6, 6.07) is 3.79. The van der Waals surface area contributed by atoms with Crippen molar-refractivity contribution in [3.05, 3.63) is 28.8 Å². The summed E-state index contributed by atoms with van der Waals surface area (Å²) in [6.07, 6.45) is 0. The molecule has 1 rings (SSSR count). The van der Waals surface area contributed by atoms with Crippen molar-refractivity contribution in [2.45, 2.75) is 39.9 Å². The number of thioether (sulfide) groups is 1. The Hall–Kier alpha value is -0.960. The number of rotatable bonds is 6. The van der Waals surface area contributed by atoms with E-state index < -0.39 is 0 Å². The molecule has 0 N–H and O–H groups in total. The highest BCUT2D eigenvalue weighted by atomic mass is 32.2. The Balaban J connectivity index is 2.90. The molecule has 3 heteroatoms. The van der Waals surface area contributed by atoms with Crippen LogP contribution in [0.1, 0.15) is 42.3 Å². The lowest BCUT2D eigenvalue weighted by Crippen LogP contribution is -2.08. The van der Waals surface area contributed by atoms with Crippen LogP contribution in [0.5, 0.6) is 5.75 Å². The molecule has 0 bridgehead atoms. The Morgan fingerprint density at radius 3 is 2.50 bits per heavy atom. The fourth-order valence-corrected chi connectivity index (χ4v) is 2.37. The Morgan fingerprint density at radius 2 is 1.94 bits per heavy atom. The molecule has 0 aliphatic rings. The predicted molar refractivity (Wildman–Crippen MR) is 79.0 cm³/mol. The number of benzene rings is 1. The first-order valence-corrected chi connectivity index (χ1v) is 7.40. The van der Waals surface area contributed by atoms with Gasteiger partial charge in [-0.2, -0.15) is 11.8 Å². The minimum Gasteiger partial charge on any atom is -0.494 e. The van der Waals surface area contributed by atoms with Gasteiger partial charge in [0.2, 0.25) is 0 Å². The van der Waals surface area contributed by atoms with Crippen LogP contribution in [0.15, 0.2) is 12.1 Å². The van der Waals surface area contributed by atoms with Gasteiger partial charge >= 0.3 is 0 Å². The van der Waals surface area contributed by atoms with E-state index in [-0.39, 0.29) is 5.78 Å². The van der Waals surface area contributed by atoms with Gasteiger partial charge < -0.3 is 4.74 Å². The molecule has 0 aromatic heterocycles. The van der Waals surface area contributed by atoms with Gasteiger partial charge in [0.1, 0.15) is 5.75 Å². The van der Waals surface area contributed by atoms with Gasteiger partial charge in [-0.15, -0.1) is 0 Å². The molecule has 0 saturated heterocycles. The highest BCUT2D eigenvalue weighted by molar-refractivity contribution is 8.00. The van der Waals surface area contributed by atoms with Crippen LogP contribution in [0.25, 0.3) is 0 Å². The minimum absolute atomic E-state index is 0.206. The fourth-order valence-electron chi connectivity index (χ4n) is 1.73. The van der Waals surface area contributed by atoms with Crippen molar-refractivity contribution in [2.75, 3.05) is 12.4 Å². The number of carbonyl (C=O) groups is 1. The second-order valence-corrected chi connectivity index (χ2v) is 6.14. The first-order chi connectivity index (χ1) is 8.47. The van der Waals surface area contributed by atoms with E-state index in [2.05, 4.69) is 13.8 Å². The molecule has 0 aliphatic heterocycles. The van der Waals surface area contributed by atoms with Gasteiger partial charge in [0.15, 0.2) is 5.78 Å². The molecule has 1 aromatic carbocycles. The van der Waals surface area contributed by atoms with E-state index in [1.165, 1.54) is 0 Å². The maximum absolute atomic E-state index is 12.1. The van der Waals surface area contributed by atoms with Crippen LogP contribution in [-0.4, -0.2) is 23.4 Å². The lowest BCUT2D eigenvalue weighted by molar-refractivity contribution is 0.102. The highest BCUT2D eigenvalue weighted by Gasteiger charge is 2.13. The molecular weight excluding hydrogens is 244 g/mol. The summed E-state index contributed by atoms with van der Waals surface area (Å²) < 4.78 is 5.53. The summed E-state index contributed by atoms with van der Waals surface area (Å²) in [5, 5.41) is 0.484. The number of Topliss-reactive ketones (excluding diaryl/α,β-unsaturated/α-hetero) is 1. The molecule has 0 atom stereocenters. The minimum atomic E-state index is 0.206. The van der Waals surface area contributed by atoms with Gasteiger partial charge in [0.05, 0.1) is 12.4 Å². The number of carbonyl (C=O) groups excluding carboxylic acids is 1. The third-order valence-electron chi connectivity index (χ3n) is 2.89. The van der Waals surface area contributed by atoms with Crippen LogP contribution in [0.3, 0.4) is 0 Å². The molecule has 0 fully saturated rings. The Bertz CT molecular complexity index is 425. The van der Waals surface area contributed by atoms with Crippen molar-refractivity contribution in [2.24, 2.45) is 0 Å². The smallest absolute Gasteiger partial charge is 0.173 e. The molecular formula is C15H22O2S. The van der Waals surface area contributed by atoms with Crippen LogP contribution < -0.4 is 4.74 Å². The van der Waals surface area contributed by atoms with Crippen molar-refractivity contribution < 1.29 is 9.53 Å². The van der Waals surface area contributed by atoms with Crippen molar-refractivity contribution >= 4 is 17.5 Å². The van der Waals surface area contributed by atoms with Crippen LogP contribution in [0.2, 0.25) is 0 Å². The number of ether oxygens (including phenoxy) is 1. The van der Waals surface area contributed by atoms with Crippen molar-refractivity contribution in [1.29, 1.82) is 0 Å². The van der Waals surface area contributed by atoms with E-state index in [0.717, 1.165) is 22.4 Å². The maximum Gasteiger partial charge on any atom is 0.173 e. The molecule has 0 aliphatic carbocycles. The van der Waals surface area contributed by atoms with Gasteiger partial charge in [0.25, 0.3) is 0 Å². The molecule has 18 heavy (non-hydrogen) atoms. The molecule has 0 saturated carbocycles. The lowest BCUT2D eigenvalue weighted by Gasteiger charge is -2.13. The third-order valence-corrected chi connectivity index (χ3v) is 3.98. The Kier molecular flexibility index (Phi) is 5.73. The van der Waals surface area contributed by atoms with Crippen molar-refractivity contribution in [3.63, 3.8) is 0 Å². The zero-order chi connectivity index (χ0) is 13.7. The predicted octanol–water partition coefficient (Wildman–Crippen LogP) is 4.03. The lowest BCUT2D eigenvalue weighted by atomic mass is 10.00. The zero-order valence-corrected chi connectivity index (χ0v) is 12.7. The molecule has 0 radical (unpaired) electrons. The van der Waals surface area contributed by atoms with E-state index in [4.69, 9.17) is 4.74 Å². The first kappa shape index (κ1) is 15.1. The average molecular weight is 266 g/mol. The number of ketones is 1. The molecule has 0 amide bonds. The number of hydrogen-bond acceptors (Lipinski definition) is 3. The highest BCUT2D eigenvalue weighted by Crippen LogP contribution is 2.25. The van der Waals surface area contributed by atoms with E-state index in [9.17, 15) is 4.79 Å². The van der Waals surface area contributed by atoms with Crippen molar-refractivity contribution in [1.82, 2.24) is 0 Å². The summed E-state index contributed by atoms with van der Waals surface area (Å²) in [6.45, 7) is 10.8. The molecule has 0 heterocycles. The standard InChI is InChI=1S/C15H22O2S/c1-6-17-15-8-7-13(11(4)12(15)5)14(16)9-18-10(2)3/h7-8,10H,6,9H2,1-5H3. The normalized spacial score (nSPS) is 10.8. The molecule has 2 nitrogen and oxygen atoms in total. The van der Waals surface area contributed by atoms with E-state index in [1.54, 1.807) is 11.8 Å². The van der Waals surface area contributed by atoms with Crippen LogP contribution in [-0.2, 0) is 0 Å². The van der Waals surface area contributed by atoms with Gasteiger partial charge in [-0.05, 0) is 49.3 Å². The van der Waals surface area contributed by atoms with Gasteiger partial charge in [-0.3, -0.25) is 4.79 Å². The van der Waals surface area contributed by atoms with Crippen LogP contribution in [0, 0.1) is 13.8 Å². The van der Waals surface area contributed by atoms with Crippen molar-refractivity contribution in [3.8, 4) is 5.75 Å². The number of hydrogen-bond donors (Lipinski definition) is 0. The zero-order valence-electron chi connectivity index (χ0n) is 11.9. The summed E-state index contributed by atoms with van der Waals surface area (Å²) in [7, 11) is 0. The molecule has 0 spiro atoms. The Morgan fingerprint density at radius 1 is 1.28 bits per heavy atom. The monoisotopic (exact) mass is 266 g/mol. The Labute approximate surface area is 114 Å².